The van der Waals surface area contributed by atoms with Crippen LogP contribution in [0.1, 0.15) is 15.9 Å². The van der Waals surface area contributed by atoms with Crippen molar-refractivity contribution in [3.63, 3.8) is 0 Å². The van der Waals surface area contributed by atoms with Gasteiger partial charge in [-0.05, 0) is 24.6 Å². The molecular weight excluding hydrogens is 232 g/mol. The van der Waals surface area contributed by atoms with E-state index in [2.05, 4.69) is 17.2 Å². The number of carboxylic acids is 1. The van der Waals surface area contributed by atoms with Gasteiger partial charge in [0, 0.05) is 12.2 Å². The summed E-state index contributed by atoms with van der Waals surface area (Å²) in [5.74, 6) is -1.23. The normalized spacial score (nSPS) is 9.83. The molecule has 5 heteroatoms. The van der Waals surface area contributed by atoms with Crippen molar-refractivity contribution >= 4 is 17.6 Å². The smallest absolute Gasteiger partial charge is 0.336 e. The van der Waals surface area contributed by atoms with Crippen molar-refractivity contribution in [3.05, 3.63) is 42.0 Å². The molecule has 0 aliphatic heterocycles. The van der Waals surface area contributed by atoms with Gasteiger partial charge in [-0.2, -0.15) is 0 Å². The minimum atomic E-state index is -1.01. The Morgan fingerprint density at radius 1 is 1.44 bits per heavy atom. The fourth-order valence-electron chi connectivity index (χ4n) is 1.48. The van der Waals surface area contributed by atoms with Gasteiger partial charge < -0.3 is 15.7 Å². The second-order valence-electron chi connectivity index (χ2n) is 3.75. The van der Waals surface area contributed by atoms with Crippen LogP contribution in [0.2, 0.25) is 0 Å². The van der Waals surface area contributed by atoms with Gasteiger partial charge in [-0.1, -0.05) is 12.1 Å². The van der Waals surface area contributed by atoms with Gasteiger partial charge in [0.05, 0.1) is 12.1 Å². The average molecular weight is 248 g/mol. The molecule has 5 nitrogen and oxygen atoms in total. The van der Waals surface area contributed by atoms with Crippen LogP contribution in [0.15, 0.2) is 30.9 Å². The Kier molecular flexibility index (Phi) is 5.07. The monoisotopic (exact) mass is 248 g/mol. The number of amides is 1. The van der Waals surface area contributed by atoms with Crippen LogP contribution in [0, 0.1) is 6.92 Å². The van der Waals surface area contributed by atoms with Crippen molar-refractivity contribution in [1.82, 2.24) is 5.32 Å². The zero-order valence-electron chi connectivity index (χ0n) is 10.2. The molecule has 0 fully saturated rings. The van der Waals surface area contributed by atoms with Crippen LogP contribution in [-0.2, 0) is 4.79 Å². The lowest BCUT2D eigenvalue weighted by Crippen LogP contribution is -2.28. The summed E-state index contributed by atoms with van der Waals surface area (Å²) in [4.78, 5) is 22.5. The topological polar surface area (TPSA) is 78.4 Å². The first kappa shape index (κ1) is 13.9. The molecule has 0 saturated carbocycles. The molecule has 18 heavy (non-hydrogen) atoms. The first-order valence-corrected chi connectivity index (χ1v) is 5.50. The fraction of sp³-hybridized carbons (Fsp3) is 0.231. The van der Waals surface area contributed by atoms with Gasteiger partial charge in [-0.15, -0.1) is 6.58 Å². The number of hydrogen-bond acceptors (Lipinski definition) is 3. The van der Waals surface area contributed by atoms with Gasteiger partial charge in [0.25, 0.3) is 0 Å². The molecule has 0 aromatic heterocycles. The molecule has 1 amide bonds. The third kappa shape index (κ3) is 3.71. The predicted molar refractivity (Wildman–Crippen MR) is 69.8 cm³/mol. The number of hydrogen-bond donors (Lipinski definition) is 3. The summed E-state index contributed by atoms with van der Waals surface area (Å²) in [5, 5.41) is 14.5. The quantitative estimate of drug-likeness (QED) is 0.525. The van der Waals surface area contributed by atoms with Gasteiger partial charge in [-0.25, -0.2) is 4.79 Å². The first-order valence-electron chi connectivity index (χ1n) is 5.50. The molecule has 0 bridgehead atoms. The van der Waals surface area contributed by atoms with E-state index >= 15 is 0 Å². The van der Waals surface area contributed by atoms with E-state index in [9.17, 15) is 9.59 Å². The van der Waals surface area contributed by atoms with Crippen molar-refractivity contribution in [2.45, 2.75) is 6.92 Å². The van der Waals surface area contributed by atoms with Crippen LogP contribution in [0.4, 0.5) is 5.69 Å². The lowest BCUT2D eigenvalue weighted by atomic mass is 10.1. The summed E-state index contributed by atoms with van der Waals surface area (Å²) >= 11 is 0. The van der Waals surface area contributed by atoms with E-state index in [4.69, 9.17) is 5.11 Å². The Morgan fingerprint density at radius 3 is 2.78 bits per heavy atom. The van der Waals surface area contributed by atoms with E-state index in [0.717, 1.165) is 0 Å². The molecule has 0 aliphatic rings. The molecule has 1 aromatic carbocycles. The lowest BCUT2D eigenvalue weighted by molar-refractivity contribution is -0.115. The van der Waals surface area contributed by atoms with Crippen molar-refractivity contribution in [2.75, 3.05) is 18.4 Å². The molecular formula is C13H16N2O3. The molecule has 0 atom stereocenters. The second kappa shape index (κ2) is 6.56. The number of nitrogens with one attached hydrogen (secondary N) is 2. The van der Waals surface area contributed by atoms with E-state index in [1.807, 2.05) is 0 Å². The molecule has 96 valence electrons. The average Bonchev–Trinajstić information content (AvgIpc) is 2.32. The zero-order valence-corrected chi connectivity index (χ0v) is 10.2. The Morgan fingerprint density at radius 2 is 2.17 bits per heavy atom. The largest absolute Gasteiger partial charge is 0.478 e. The first-order chi connectivity index (χ1) is 8.56. The molecule has 0 spiro atoms. The number of rotatable bonds is 6. The van der Waals surface area contributed by atoms with Crippen LogP contribution in [0.25, 0.3) is 0 Å². The highest BCUT2D eigenvalue weighted by molar-refractivity contribution is 5.96. The Balaban J connectivity index is 2.73. The van der Waals surface area contributed by atoms with Crippen LogP contribution >= 0.6 is 0 Å². The summed E-state index contributed by atoms with van der Waals surface area (Å²) < 4.78 is 0. The van der Waals surface area contributed by atoms with Gasteiger partial charge in [0.1, 0.15) is 0 Å². The number of carbonyl (C=O) groups is 2. The van der Waals surface area contributed by atoms with Gasteiger partial charge in [0.15, 0.2) is 0 Å². The maximum Gasteiger partial charge on any atom is 0.336 e. The maximum absolute atomic E-state index is 11.6. The predicted octanol–water partition coefficient (Wildman–Crippen LogP) is 1.41. The number of aromatic carboxylic acids is 1. The third-order valence-corrected chi connectivity index (χ3v) is 2.41. The summed E-state index contributed by atoms with van der Waals surface area (Å²) in [5.41, 5.74) is 1.24. The SMILES string of the molecule is C=CCNCC(=O)Nc1cccc(C(=O)O)c1C. The standard InChI is InChI=1S/C13H16N2O3/c1-3-7-14-8-12(16)15-11-6-4-5-10(9(11)2)13(17)18/h3-6,14H,1,7-8H2,2H3,(H,15,16)(H,17,18). The van der Waals surface area contributed by atoms with Crippen LogP contribution < -0.4 is 10.6 Å². The molecule has 1 rings (SSSR count). The minimum absolute atomic E-state index is 0.156. The Bertz CT molecular complexity index is 469. The van der Waals surface area contributed by atoms with E-state index in [0.29, 0.717) is 17.8 Å². The second-order valence-corrected chi connectivity index (χ2v) is 3.75. The summed E-state index contributed by atoms with van der Waals surface area (Å²) in [6.07, 6.45) is 1.66. The number of carbonyl (C=O) groups excluding carboxylic acids is 1. The van der Waals surface area contributed by atoms with Gasteiger partial charge >= 0.3 is 5.97 Å². The van der Waals surface area contributed by atoms with Crippen LogP contribution in [0.5, 0.6) is 0 Å². The highest BCUT2D eigenvalue weighted by atomic mass is 16.4. The molecule has 0 saturated heterocycles. The molecule has 0 radical (unpaired) electrons. The van der Waals surface area contributed by atoms with Crippen molar-refractivity contribution in [1.29, 1.82) is 0 Å². The Hall–Kier alpha value is -2.14. The number of anilines is 1. The van der Waals surface area contributed by atoms with Crippen LogP contribution in [0.3, 0.4) is 0 Å². The lowest BCUT2D eigenvalue weighted by Gasteiger charge is -2.10. The fourth-order valence-corrected chi connectivity index (χ4v) is 1.48. The van der Waals surface area contributed by atoms with Gasteiger partial charge in [0.2, 0.25) is 5.91 Å². The summed E-state index contributed by atoms with van der Waals surface area (Å²) in [6, 6.07) is 4.78. The summed E-state index contributed by atoms with van der Waals surface area (Å²) in [7, 11) is 0. The van der Waals surface area contributed by atoms with E-state index in [1.165, 1.54) is 6.07 Å². The molecule has 0 aliphatic carbocycles. The van der Waals surface area contributed by atoms with Crippen molar-refractivity contribution < 1.29 is 14.7 Å². The zero-order chi connectivity index (χ0) is 13.5. The van der Waals surface area contributed by atoms with Crippen LogP contribution in [-0.4, -0.2) is 30.1 Å². The molecule has 0 unspecified atom stereocenters. The van der Waals surface area contributed by atoms with Crippen molar-refractivity contribution in [2.24, 2.45) is 0 Å². The Labute approximate surface area is 106 Å². The molecule has 3 N–H and O–H groups in total. The van der Waals surface area contributed by atoms with E-state index < -0.39 is 5.97 Å². The molecule has 1 aromatic rings. The van der Waals surface area contributed by atoms with E-state index in [-0.39, 0.29) is 18.0 Å². The van der Waals surface area contributed by atoms with Crippen molar-refractivity contribution in [3.8, 4) is 0 Å². The number of benzene rings is 1. The maximum atomic E-state index is 11.6. The highest BCUT2D eigenvalue weighted by Gasteiger charge is 2.11. The third-order valence-electron chi connectivity index (χ3n) is 2.41. The van der Waals surface area contributed by atoms with E-state index in [1.54, 1.807) is 25.1 Å². The highest BCUT2D eigenvalue weighted by Crippen LogP contribution is 2.18. The summed E-state index contributed by atoms with van der Waals surface area (Å²) in [6.45, 7) is 5.89. The minimum Gasteiger partial charge on any atom is -0.478 e. The van der Waals surface area contributed by atoms with Gasteiger partial charge in [-0.3, -0.25) is 4.79 Å². The number of carboxylic acid groups (broad SMARTS) is 1. The molecule has 0 heterocycles.